The van der Waals surface area contributed by atoms with Crippen LogP contribution in [-0.2, 0) is 19.7 Å². The van der Waals surface area contributed by atoms with E-state index < -0.39 is 15.9 Å². The van der Waals surface area contributed by atoms with Gasteiger partial charge in [-0.1, -0.05) is 23.4 Å². The first kappa shape index (κ1) is 20.4. The number of carbonyl (C=O) groups is 1. The SMILES string of the molecule is COc1ccccc1/C=N\OCC(=O)Nc1cccc(S(=O)(=O)N(C)C)c1. The van der Waals surface area contributed by atoms with Crippen LogP contribution in [-0.4, -0.2) is 52.7 Å². The molecule has 27 heavy (non-hydrogen) atoms. The highest BCUT2D eigenvalue weighted by atomic mass is 32.2. The van der Waals surface area contributed by atoms with Crippen molar-refractivity contribution in [1.82, 2.24) is 4.31 Å². The van der Waals surface area contributed by atoms with Crippen molar-refractivity contribution in [2.45, 2.75) is 4.90 Å². The van der Waals surface area contributed by atoms with E-state index in [0.29, 0.717) is 17.0 Å². The molecule has 2 rings (SSSR count). The second-order valence-corrected chi connectivity index (χ2v) is 7.77. The lowest BCUT2D eigenvalue weighted by molar-refractivity contribution is -0.120. The molecule has 0 aromatic heterocycles. The van der Waals surface area contributed by atoms with Gasteiger partial charge in [0.15, 0.2) is 6.61 Å². The average Bonchev–Trinajstić information content (AvgIpc) is 2.65. The van der Waals surface area contributed by atoms with Gasteiger partial charge >= 0.3 is 0 Å². The third-order valence-electron chi connectivity index (χ3n) is 3.50. The summed E-state index contributed by atoms with van der Waals surface area (Å²) in [6.07, 6.45) is 1.44. The zero-order valence-electron chi connectivity index (χ0n) is 15.2. The molecule has 1 N–H and O–H groups in total. The number of oxime groups is 1. The smallest absolute Gasteiger partial charge is 0.265 e. The fourth-order valence-electron chi connectivity index (χ4n) is 2.11. The average molecular weight is 391 g/mol. The normalized spacial score (nSPS) is 11.6. The summed E-state index contributed by atoms with van der Waals surface area (Å²) in [7, 11) is 0.847. The Kier molecular flexibility index (Phi) is 6.91. The number of rotatable bonds is 8. The monoisotopic (exact) mass is 391 g/mol. The topological polar surface area (TPSA) is 97.3 Å². The number of carbonyl (C=O) groups excluding carboxylic acids is 1. The predicted molar refractivity (Wildman–Crippen MR) is 102 cm³/mol. The van der Waals surface area contributed by atoms with Gasteiger partial charge in [0.25, 0.3) is 5.91 Å². The summed E-state index contributed by atoms with van der Waals surface area (Å²) >= 11 is 0. The molecule has 9 heteroatoms. The molecule has 0 bridgehead atoms. The van der Waals surface area contributed by atoms with Crippen molar-refractivity contribution in [3.8, 4) is 5.75 Å². The van der Waals surface area contributed by atoms with Crippen molar-refractivity contribution in [2.24, 2.45) is 5.16 Å². The summed E-state index contributed by atoms with van der Waals surface area (Å²) in [5.74, 6) is 0.166. The summed E-state index contributed by atoms with van der Waals surface area (Å²) in [5, 5.41) is 6.31. The highest BCUT2D eigenvalue weighted by Crippen LogP contribution is 2.18. The number of para-hydroxylation sites is 1. The number of methoxy groups -OCH3 is 1. The van der Waals surface area contributed by atoms with Gasteiger partial charge in [-0.05, 0) is 30.3 Å². The van der Waals surface area contributed by atoms with Crippen molar-refractivity contribution in [1.29, 1.82) is 0 Å². The number of amides is 1. The second-order valence-electron chi connectivity index (χ2n) is 5.61. The number of sulfonamides is 1. The molecule has 1 amide bonds. The van der Waals surface area contributed by atoms with E-state index in [-0.39, 0.29) is 11.5 Å². The number of hydrogen-bond donors (Lipinski definition) is 1. The maximum Gasteiger partial charge on any atom is 0.265 e. The Bertz CT molecular complexity index is 926. The van der Waals surface area contributed by atoms with Crippen LogP contribution in [0.5, 0.6) is 5.75 Å². The first-order valence-corrected chi connectivity index (χ1v) is 9.39. The van der Waals surface area contributed by atoms with Gasteiger partial charge in [-0.2, -0.15) is 0 Å². The van der Waals surface area contributed by atoms with E-state index >= 15 is 0 Å². The number of nitrogens with zero attached hydrogens (tertiary/aromatic N) is 2. The molecule has 0 heterocycles. The molecule has 0 spiro atoms. The van der Waals surface area contributed by atoms with Crippen LogP contribution >= 0.6 is 0 Å². The largest absolute Gasteiger partial charge is 0.496 e. The van der Waals surface area contributed by atoms with Crippen LogP contribution in [0.25, 0.3) is 0 Å². The van der Waals surface area contributed by atoms with Gasteiger partial charge in [0.2, 0.25) is 10.0 Å². The maximum atomic E-state index is 12.1. The number of ether oxygens (including phenoxy) is 1. The zero-order chi connectivity index (χ0) is 19.9. The summed E-state index contributed by atoms with van der Waals surface area (Å²) < 4.78 is 30.5. The van der Waals surface area contributed by atoms with E-state index in [1.807, 2.05) is 12.1 Å². The lowest BCUT2D eigenvalue weighted by atomic mass is 10.2. The molecule has 0 atom stereocenters. The molecule has 8 nitrogen and oxygen atoms in total. The molecule has 0 aliphatic rings. The fourth-order valence-corrected chi connectivity index (χ4v) is 3.05. The lowest BCUT2D eigenvalue weighted by Gasteiger charge is -2.12. The first-order chi connectivity index (χ1) is 12.8. The zero-order valence-corrected chi connectivity index (χ0v) is 16.1. The van der Waals surface area contributed by atoms with Crippen molar-refractivity contribution in [3.05, 3.63) is 54.1 Å². The Morgan fingerprint density at radius 1 is 1.19 bits per heavy atom. The van der Waals surface area contributed by atoms with Crippen LogP contribution in [0.1, 0.15) is 5.56 Å². The third-order valence-corrected chi connectivity index (χ3v) is 5.31. The Morgan fingerprint density at radius 3 is 2.63 bits per heavy atom. The van der Waals surface area contributed by atoms with Crippen molar-refractivity contribution < 1.29 is 22.8 Å². The molecule has 2 aromatic rings. The first-order valence-electron chi connectivity index (χ1n) is 7.95. The van der Waals surface area contributed by atoms with E-state index in [9.17, 15) is 13.2 Å². The van der Waals surface area contributed by atoms with Crippen LogP contribution in [0.4, 0.5) is 5.69 Å². The van der Waals surface area contributed by atoms with Gasteiger partial charge in [-0.3, -0.25) is 4.79 Å². The van der Waals surface area contributed by atoms with Crippen LogP contribution in [0, 0.1) is 0 Å². The van der Waals surface area contributed by atoms with Crippen molar-refractivity contribution in [3.63, 3.8) is 0 Å². The number of anilines is 1. The van der Waals surface area contributed by atoms with Crippen molar-refractivity contribution in [2.75, 3.05) is 33.1 Å². The second kappa shape index (κ2) is 9.15. The molecule has 0 radical (unpaired) electrons. The lowest BCUT2D eigenvalue weighted by Crippen LogP contribution is -2.22. The summed E-state index contributed by atoms with van der Waals surface area (Å²) in [6.45, 7) is -0.323. The fraction of sp³-hybridized carbons (Fsp3) is 0.222. The Labute approximate surface area is 158 Å². The minimum absolute atomic E-state index is 0.0837. The molecular weight excluding hydrogens is 370 g/mol. The molecule has 0 fully saturated rings. The molecule has 0 aliphatic carbocycles. The predicted octanol–water partition coefficient (Wildman–Crippen LogP) is 1.93. The van der Waals surface area contributed by atoms with E-state index in [0.717, 1.165) is 4.31 Å². The van der Waals surface area contributed by atoms with Crippen LogP contribution in [0.3, 0.4) is 0 Å². The maximum absolute atomic E-state index is 12.1. The van der Waals surface area contributed by atoms with Crippen LogP contribution < -0.4 is 10.1 Å². The van der Waals surface area contributed by atoms with Gasteiger partial charge < -0.3 is 14.9 Å². The third kappa shape index (κ3) is 5.53. The Morgan fingerprint density at radius 2 is 1.93 bits per heavy atom. The molecule has 0 saturated carbocycles. The summed E-state index contributed by atoms with van der Waals surface area (Å²) in [4.78, 5) is 17.0. The molecule has 144 valence electrons. The quantitative estimate of drug-likeness (QED) is 0.548. The highest BCUT2D eigenvalue weighted by molar-refractivity contribution is 7.89. The minimum Gasteiger partial charge on any atom is -0.496 e. The highest BCUT2D eigenvalue weighted by Gasteiger charge is 2.17. The standard InChI is InChI=1S/C18H21N3O5S/c1-21(2)27(23,24)16-9-6-8-15(11-16)20-18(22)13-26-19-12-14-7-4-5-10-17(14)25-3/h4-12H,13H2,1-3H3,(H,20,22)/b19-12-. The van der Waals surface area contributed by atoms with Gasteiger partial charge in [0, 0.05) is 25.3 Å². The summed E-state index contributed by atoms with van der Waals surface area (Å²) in [5.41, 5.74) is 1.06. The van der Waals surface area contributed by atoms with E-state index in [4.69, 9.17) is 9.57 Å². The van der Waals surface area contributed by atoms with Gasteiger partial charge in [0.05, 0.1) is 18.2 Å². The van der Waals surface area contributed by atoms with Crippen LogP contribution in [0.15, 0.2) is 58.6 Å². The van der Waals surface area contributed by atoms with Gasteiger partial charge in [-0.15, -0.1) is 0 Å². The minimum atomic E-state index is -3.58. The van der Waals surface area contributed by atoms with Gasteiger partial charge in [-0.25, -0.2) is 12.7 Å². The molecule has 2 aromatic carbocycles. The molecular formula is C18H21N3O5S. The van der Waals surface area contributed by atoms with E-state index in [1.165, 1.54) is 32.4 Å². The Balaban J connectivity index is 1.94. The summed E-state index contributed by atoms with van der Waals surface area (Å²) in [6, 6.07) is 13.2. The van der Waals surface area contributed by atoms with Gasteiger partial charge in [0.1, 0.15) is 5.75 Å². The molecule has 0 aliphatic heterocycles. The Hall–Kier alpha value is -2.91. The number of nitrogens with one attached hydrogen (secondary N) is 1. The van der Waals surface area contributed by atoms with Crippen LogP contribution in [0.2, 0.25) is 0 Å². The van der Waals surface area contributed by atoms with Crippen molar-refractivity contribution >= 4 is 27.8 Å². The number of benzene rings is 2. The molecule has 0 unspecified atom stereocenters. The van der Waals surface area contributed by atoms with E-state index in [2.05, 4.69) is 10.5 Å². The number of hydrogen-bond acceptors (Lipinski definition) is 6. The van der Waals surface area contributed by atoms with E-state index in [1.54, 1.807) is 31.4 Å². The molecule has 0 saturated heterocycles.